The van der Waals surface area contributed by atoms with Gasteiger partial charge in [-0.2, -0.15) is 0 Å². The Hall–Kier alpha value is -1.92. The Balaban J connectivity index is 1.81. The topological polar surface area (TPSA) is 79.2 Å². The van der Waals surface area contributed by atoms with E-state index >= 15 is 0 Å². The van der Waals surface area contributed by atoms with Crippen LogP contribution < -0.4 is 4.74 Å². The van der Waals surface area contributed by atoms with Crippen LogP contribution in [0.4, 0.5) is 0 Å². The second-order valence-corrected chi connectivity index (χ2v) is 5.64. The highest BCUT2D eigenvalue weighted by atomic mass is 16.5. The van der Waals surface area contributed by atoms with Gasteiger partial charge in [-0.25, -0.2) is 0 Å². The van der Waals surface area contributed by atoms with E-state index in [1.807, 2.05) is 36.4 Å². The van der Waals surface area contributed by atoms with E-state index in [0.717, 1.165) is 0 Å². The highest BCUT2D eigenvalue weighted by Gasteiger charge is 2.37. The Morgan fingerprint density at radius 1 is 1.00 bits per heavy atom. The van der Waals surface area contributed by atoms with E-state index in [-0.39, 0.29) is 13.0 Å². The first-order valence-electron chi connectivity index (χ1n) is 7.62. The van der Waals surface area contributed by atoms with E-state index in [0.29, 0.717) is 17.1 Å². The second kappa shape index (κ2) is 7.10. The molecule has 0 spiro atoms. The zero-order valence-corrected chi connectivity index (χ0v) is 12.6. The van der Waals surface area contributed by atoms with Gasteiger partial charge in [-0.3, -0.25) is 0 Å². The summed E-state index contributed by atoms with van der Waals surface area (Å²) in [5, 5.41) is 29.4. The van der Waals surface area contributed by atoms with Crippen LogP contribution in [0.1, 0.15) is 18.1 Å². The monoisotopic (exact) mass is 316 g/mol. The van der Waals surface area contributed by atoms with Crippen LogP contribution in [0, 0.1) is 0 Å². The van der Waals surface area contributed by atoms with Crippen molar-refractivity contribution in [1.82, 2.24) is 0 Å². The molecule has 0 radical (unpaired) electrons. The molecule has 5 heteroatoms. The maximum absolute atomic E-state index is 10.2. The van der Waals surface area contributed by atoms with Crippen molar-refractivity contribution in [3.63, 3.8) is 0 Å². The summed E-state index contributed by atoms with van der Waals surface area (Å²) in [5.74, 6) is 1.33. The van der Waals surface area contributed by atoms with Crippen molar-refractivity contribution in [3.8, 4) is 11.5 Å². The standard InChI is InChI=1S/C18H20O5/c19-11-15-10-16(20)17(21)18(23-15)12-5-4-8-14(9-12)22-13-6-2-1-3-7-13/h1-9,15-21H,10-11H2. The molecule has 4 atom stereocenters. The average molecular weight is 316 g/mol. The SMILES string of the molecule is OCC1CC(O)C(O)C(c2cccc(Oc3ccccc3)c2)O1. The number of hydrogen-bond acceptors (Lipinski definition) is 5. The van der Waals surface area contributed by atoms with E-state index in [4.69, 9.17) is 9.47 Å². The van der Waals surface area contributed by atoms with Crippen molar-refractivity contribution in [2.24, 2.45) is 0 Å². The molecule has 3 rings (SSSR count). The molecular weight excluding hydrogens is 296 g/mol. The number of aliphatic hydroxyl groups excluding tert-OH is 3. The van der Waals surface area contributed by atoms with E-state index in [9.17, 15) is 15.3 Å². The molecule has 0 aromatic heterocycles. The highest BCUT2D eigenvalue weighted by molar-refractivity contribution is 5.35. The zero-order valence-electron chi connectivity index (χ0n) is 12.6. The van der Waals surface area contributed by atoms with Gasteiger partial charge in [0.25, 0.3) is 0 Å². The van der Waals surface area contributed by atoms with E-state index in [1.165, 1.54) is 0 Å². The molecule has 3 N–H and O–H groups in total. The predicted molar refractivity (Wildman–Crippen MR) is 84.3 cm³/mol. The lowest BCUT2D eigenvalue weighted by Gasteiger charge is -2.36. The fraction of sp³-hybridized carbons (Fsp3) is 0.333. The summed E-state index contributed by atoms with van der Waals surface area (Å²) in [6.45, 7) is -0.194. The number of benzene rings is 2. The third-order valence-electron chi connectivity index (χ3n) is 3.92. The van der Waals surface area contributed by atoms with Gasteiger partial charge in [0.1, 0.15) is 23.7 Å². The minimum absolute atomic E-state index is 0.194. The first-order chi connectivity index (χ1) is 11.2. The van der Waals surface area contributed by atoms with Gasteiger partial charge in [0.2, 0.25) is 0 Å². The Kier molecular flexibility index (Phi) is 4.93. The van der Waals surface area contributed by atoms with Crippen molar-refractivity contribution in [2.75, 3.05) is 6.61 Å². The van der Waals surface area contributed by atoms with Crippen molar-refractivity contribution in [1.29, 1.82) is 0 Å². The summed E-state index contributed by atoms with van der Waals surface area (Å²) in [7, 11) is 0. The number of para-hydroxylation sites is 1. The number of rotatable bonds is 4. The van der Waals surface area contributed by atoms with Crippen LogP contribution >= 0.6 is 0 Å². The molecule has 0 bridgehead atoms. The molecule has 0 aliphatic carbocycles. The normalized spacial score (nSPS) is 27.6. The Morgan fingerprint density at radius 3 is 2.48 bits per heavy atom. The van der Waals surface area contributed by atoms with Crippen molar-refractivity contribution in [3.05, 3.63) is 60.2 Å². The smallest absolute Gasteiger partial charge is 0.127 e. The summed E-state index contributed by atoms with van der Waals surface area (Å²) in [5.41, 5.74) is 0.697. The Bertz CT molecular complexity index is 630. The molecule has 4 unspecified atom stereocenters. The van der Waals surface area contributed by atoms with Crippen LogP contribution in [0.2, 0.25) is 0 Å². The van der Waals surface area contributed by atoms with Gasteiger partial charge < -0.3 is 24.8 Å². The first kappa shape index (κ1) is 16.0. The van der Waals surface area contributed by atoms with Gasteiger partial charge in [-0.15, -0.1) is 0 Å². The molecule has 1 heterocycles. The minimum Gasteiger partial charge on any atom is -0.457 e. The summed E-state index contributed by atoms with van der Waals surface area (Å²) in [4.78, 5) is 0. The minimum atomic E-state index is -1.04. The predicted octanol–water partition coefficient (Wildman–Crippen LogP) is 2.02. The summed E-state index contributed by atoms with van der Waals surface area (Å²) < 4.78 is 11.5. The average Bonchev–Trinajstić information content (AvgIpc) is 2.58. The quantitative estimate of drug-likeness (QED) is 0.804. The molecular formula is C18H20O5. The molecule has 1 saturated heterocycles. The summed E-state index contributed by atoms with van der Waals surface area (Å²) in [6.07, 6.45) is -2.93. The van der Waals surface area contributed by atoms with Crippen LogP contribution in [0.5, 0.6) is 11.5 Å². The number of ether oxygens (including phenoxy) is 2. The lowest BCUT2D eigenvalue weighted by molar-refractivity contribution is -0.179. The van der Waals surface area contributed by atoms with Crippen LogP contribution in [-0.2, 0) is 4.74 Å². The molecule has 5 nitrogen and oxygen atoms in total. The largest absolute Gasteiger partial charge is 0.457 e. The lowest BCUT2D eigenvalue weighted by Crippen LogP contribution is -2.44. The van der Waals surface area contributed by atoms with Gasteiger partial charge in [0.15, 0.2) is 0 Å². The van der Waals surface area contributed by atoms with Crippen molar-refractivity contribution < 1.29 is 24.8 Å². The van der Waals surface area contributed by atoms with Gasteiger partial charge in [0, 0.05) is 6.42 Å². The number of aliphatic hydroxyl groups is 3. The molecule has 1 aliphatic rings. The maximum Gasteiger partial charge on any atom is 0.127 e. The molecule has 0 amide bonds. The lowest BCUT2D eigenvalue weighted by atomic mass is 9.93. The summed E-state index contributed by atoms with van der Waals surface area (Å²) >= 11 is 0. The maximum atomic E-state index is 10.2. The fourth-order valence-electron chi connectivity index (χ4n) is 2.73. The van der Waals surface area contributed by atoms with Crippen LogP contribution in [0.3, 0.4) is 0 Å². The van der Waals surface area contributed by atoms with E-state index in [1.54, 1.807) is 18.2 Å². The highest BCUT2D eigenvalue weighted by Crippen LogP contribution is 2.34. The molecule has 1 fully saturated rings. The van der Waals surface area contributed by atoms with Crippen molar-refractivity contribution >= 4 is 0 Å². The molecule has 2 aromatic rings. The summed E-state index contributed by atoms with van der Waals surface area (Å²) in [6, 6.07) is 16.6. The van der Waals surface area contributed by atoms with Crippen LogP contribution in [0.25, 0.3) is 0 Å². The van der Waals surface area contributed by atoms with Gasteiger partial charge in [0.05, 0.1) is 18.8 Å². The molecule has 122 valence electrons. The fourth-order valence-corrected chi connectivity index (χ4v) is 2.73. The van der Waals surface area contributed by atoms with Crippen molar-refractivity contribution in [2.45, 2.75) is 30.8 Å². The van der Waals surface area contributed by atoms with Crippen LogP contribution in [-0.4, -0.2) is 40.2 Å². The molecule has 1 aliphatic heterocycles. The molecule has 2 aromatic carbocycles. The second-order valence-electron chi connectivity index (χ2n) is 5.64. The third kappa shape index (κ3) is 3.71. The molecule has 23 heavy (non-hydrogen) atoms. The van der Waals surface area contributed by atoms with E-state index in [2.05, 4.69) is 0 Å². The molecule has 0 saturated carbocycles. The van der Waals surface area contributed by atoms with Crippen LogP contribution in [0.15, 0.2) is 54.6 Å². The van der Waals surface area contributed by atoms with E-state index < -0.39 is 24.4 Å². The Labute approximate surface area is 134 Å². The first-order valence-corrected chi connectivity index (χ1v) is 7.62. The van der Waals surface area contributed by atoms with Gasteiger partial charge in [-0.05, 0) is 29.8 Å². The van der Waals surface area contributed by atoms with Gasteiger partial charge >= 0.3 is 0 Å². The Morgan fingerprint density at radius 2 is 1.74 bits per heavy atom. The third-order valence-corrected chi connectivity index (χ3v) is 3.92. The number of hydrogen-bond donors (Lipinski definition) is 3. The van der Waals surface area contributed by atoms with Gasteiger partial charge in [-0.1, -0.05) is 30.3 Å². The zero-order chi connectivity index (χ0) is 16.2.